The Morgan fingerprint density at radius 1 is 1.29 bits per heavy atom. The lowest BCUT2D eigenvalue weighted by molar-refractivity contribution is 0.391. The Balaban J connectivity index is 1.62. The zero-order valence-corrected chi connectivity index (χ0v) is 12.2. The van der Waals surface area contributed by atoms with Gasteiger partial charge < -0.3 is 9.84 Å². The third kappa shape index (κ3) is 3.10. The van der Waals surface area contributed by atoms with E-state index in [4.69, 9.17) is 4.52 Å². The number of anilines is 1. The van der Waals surface area contributed by atoms with Crippen molar-refractivity contribution >= 4 is 5.95 Å². The second-order valence-electron chi connectivity index (χ2n) is 4.97. The van der Waals surface area contributed by atoms with E-state index in [1.54, 1.807) is 0 Å². The van der Waals surface area contributed by atoms with Gasteiger partial charge in [-0.05, 0) is 26.8 Å². The molecule has 2 N–H and O–H groups in total. The van der Waals surface area contributed by atoms with Crippen LogP contribution in [-0.4, -0.2) is 30.1 Å². The molecule has 3 heterocycles. The van der Waals surface area contributed by atoms with Crippen LogP contribution in [0.5, 0.6) is 0 Å². The second kappa shape index (κ2) is 5.39. The first-order valence-corrected chi connectivity index (χ1v) is 6.68. The molecule has 8 heteroatoms. The van der Waals surface area contributed by atoms with E-state index in [2.05, 4.69) is 30.8 Å². The molecule has 0 aliphatic heterocycles. The number of rotatable bonds is 5. The molecule has 110 valence electrons. The van der Waals surface area contributed by atoms with Crippen LogP contribution in [0.4, 0.5) is 5.95 Å². The molecule has 0 saturated carbocycles. The van der Waals surface area contributed by atoms with E-state index in [1.165, 1.54) is 0 Å². The monoisotopic (exact) mass is 287 g/mol. The van der Waals surface area contributed by atoms with Crippen LogP contribution in [0.2, 0.25) is 0 Å². The first-order chi connectivity index (χ1) is 10.1. The number of H-pyrrole nitrogens is 1. The Kier molecular flexibility index (Phi) is 3.43. The smallest absolute Gasteiger partial charge is 0.242 e. The van der Waals surface area contributed by atoms with Crippen molar-refractivity contribution in [3.63, 3.8) is 0 Å². The molecule has 0 atom stereocenters. The molecule has 0 fully saturated rings. The van der Waals surface area contributed by atoms with Gasteiger partial charge in [-0.25, -0.2) is 0 Å². The summed E-state index contributed by atoms with van der Waals surface area (Å²) in [5.41, 5.74) is 2.90. The first kappa shape index (κ1) is 13.3. The van der Waals surface area contributed by atoms with Crippen molar-refractivity contribution in [3.05, 3.63) is 40.8 Å². The highest BCUT2D eigenvalue weighted by atomic mass is 16.5. The fourth-order valence-corrected chi connectivity index (χ4v) is 2.09. The van der Waals surface area contributed by atoms with Crippen LogP contribution in [0, 0.1) is 20.8 Å². The molecule has 0 saturated heterocycles. The Bertz CT molecular complexity index is 739. The Morgan fingerprint density at radius 2 is 2.14 bits per heavy atom. The fourth-order valence-electron chi connectivity index (χ4n) is 2.09. The van der Waals surface area contributed by atoms with E-state index in [9.17, 15) is 0 Å². The maximum absolute atomic E-state index is 5.00. The molecule has 0 unspecified atom stereocenters. The van der Waals surface area contributed by atoms with E-state index in [0.717, 1.165) is 28.7 Å². The van der Waals surface area contributed by atoms with E-state index in [-0.39, 0.29) is 0 Å². The van der Waals surface area contributed by atoms with Gasteiger partial charge in [-0.3, -0.25) is 9.78 Å². The van der Waals surface area contributed by atoms with Crippen LogP contribution < -0.4 is 5.32 Å². The third-order valence-electron chi connectivity index (χ3n) is 3.04. The van der Waals surface area contributed by atoms with Crippen LogP contribution in [0.3, 0.4) is 0 Å². The summed E-state index contributed by atoms with van der Waals surface area (Å²) < 4.78 is 6.89. The van der Waals surface area contributed by atoms with E-state index in [1.807, 2.05) is 37.6 Å². The predicted molar refractivity (Wildman–Crippen MR) is 75.8 cm³/mol. The van der Waals surface area contributed by atoms with Gasteiger partial charge in [0.25, 0.3) is 0 Å². The SMILES string of the molecule is Cc1cc(C)n(Cc2nc(NCc3cc(C)on3)n[nH]2)n1. The maximum atomic E-state index is 5.00. The minimum atomic E-state index is 0.522. The average molecular weight is 287 g/mol. The van der Waals surface area contributed by atoms with E-state index >= 15 is 0 Å². The average Bonchev–Trinajstić information content (AvgIpc) is 3.11. The quantitative estimate of drug-likeness (QED) is 0.739. The van der Waals surface area contributed by atoms with Crippen LogP contribution in [0.25, 0.3) is 0 Å². The fraction of sp³-hybridized carbons (Fsp3) is 0.385. The minimum absolute atomic E-state index is 0.522. The summed E-state index contributed by atoms with van der Waals surface area (Å²) >= 11 is 0. The molecular formula is C13H17N7O. The topological polar surface area (TPSA) is 97.5 Å². The lowest BCUT2D eigenvalue weighted by atomic mass is 10.4. The summed E-state index contributed by atoms with van der Waals surface area (Å²) in [5, 5.41) is 18.4. The summed E-state index contributed by atoms with van der Waals surface area (Å²) in [5.74, 6) is 2.07. The van der Waals surface area contributed by atoms with Crippen LogP contribution in [-0.2, 0) is 13.1 Å². The predicted octanol–water partition coefficient (Wildman–Crippen LogP) is 1.57. The summed E-state index contributed by atoms with van der Waals surface area (Å²) in [7, 11) is 0. The minimum Gasteiger partial charge on any atom is -0.361 e. The Morgan fingerprint density at radius 3 is 2.81 bits per heavy atom. The largest absolute Gasteiger partial charge is 0.361 e. The molecule has 3 aromatic rings. The number of aromatic nitrogens is 6. The van der Waals surface area contributed by atoms with Gasteiger partial charge in [0.1, 0.15) is 23.8 Å². The molecule has 3 aromatic heterocycles. The molecule has 0 bridgehead atoms. The van der Waals surface area contributed by atoms with Crippen molar-refractivity contribution in [2.75, 3.05) is 5.32 Å². The van der Waals surface area contributed by atoms with Crippen molar-refractivity contribution in [3.8, 4) is 0 Å². The number of hydrogen-bond donors (Lipinski definition) is 2. The standard InChI is InChI=1S/C13H17N7O/c1-8-4-9(2)20(18-8)7-12-15-13(17-16-12)14-6-11-5-10(3)21-19-11/h4-5H,6-7H2,1-3H3,(H2,14,15,16,17). The lowest BCUT2D eigenvalue weighted by Gasteiger charge is -2.00. The third-order valence-corrected chi connectivity index (χ3v) is 3.04. The summed E-state index contributed by atoms with van der Waals surface area (Å²) in [6.07, 6.45) is 0. The van der Waals surface area contributed by atoms with Gasteiger partial charge in [-0.2, -0.15) is 10.1 Å². The molecule has 0 amide bonds. The van der Waals surface area contributed by atoms with Crippen molar-refractivity contribution in [2.45, 2.75) is 33.9 Å². The first-order valence-electron chi connectivity index (χ1n) is 6.68. The summed E-state index contributed by atoms with van der Waals surface area (Å²) in [4.78, 5) is 4.38. The lowest BCUT2D eigenvalue weighted by Crippen LogP contribution is -2.06. The highest BCUT2D eigenvalue weighted by Crippen LogP contribution is 2.07. The summed E-state index contributed by atoms with van der Waals surface area (Å²) in [6, 6.07) is 3.90. The second-order valence-corrected chi connectivity index (χ2v) is 4.97. The van der Waals surface area contributed by atoms with Gasteiger partial charge in [0.2, 0.25) is 5.95 Å². The number of nitrogens with one attached hydrogen (secondary N) is 2. The maximum Gasteiger partial charge on any atom is 0.242 e. The van der Waals surface area contributed by atoms with Gasteiger partial charge in [0.05, 0.1) is 12.2 Å². The Hall–Kier alpha value is -2.64. The van der Waals surface area contributed by atoms with Gasteiger partial charge in [0.15, 0.2) is 0 Å². The van der Waals surface area contributed by atoms with Gasteiger partial charge in [0, 0.05) is 11.8 Å². The number of aromatic amines is 1. The molecule has 8 nitrogen and oxygen atoms in total. The number of nitrogens with zero attached hydrogens (tertiary/aromatic N) is 5. The molecule has 0 spiro atoms. The van der Waals surface area contributed by atoms with E-state index < -0.39 is 0 Å². The molecule has 0 aliphatic carbocycles. The van der Waals surface area contributed by atoms with Gasteiger partial charge >= 0.3 is 0 Å². The van der Waals surface area contributed by atoms with Crippen LogP contribution in [0.1, 0.15) is 28.7 Å². The zero-order chi connectivity index (χ0) is 14.8. The molecule has 0 aromatic carbocycles. The molecule has 3 rings (SSSR count). The molecular weight excluding hydrogens is 270 g/mol. The Labute approximate surface area is 121 Å². The summed E-state index contributed by atoms with van der Waals surface area (Å²) in [6.45, 7) is 6.93. The van der Waals surface area contributed by atoms with Crippen molar-refractivity contribution in [1.29, 1.82) is 0 Å². The van der Waals surface area contributed by atoms with Gasteiger partial charge in [-0.15, -0.1) is 5.10 Å². The molecule has 0 radical (unpaired) electrons. The van der Waals surface area contributed by atoms with Crippen LogP contribution >= 0.6 is 0 Å². The number of aryl methyl sites for hydroxylation is 3. The normalized spacial score (nSPS) is 11.0. The van der Waals surface area contributed by atoms with Gasteiger partial charge in [-0.1, -0.05) is 5.16 Å². The zero-order valence-electron chi connectivity index (χ0n) is 12.2. The van der Waals surface area contributed by atoms with Crippen molar-refractivity contribution in [1.82, 2.24) is 30.1 Å². The number of hydrogen-bond acceptors (Lipinski definition) is 6. The van der Waals surface area contributed by atoms with Crippen LogP contribution in [0.15, 0.2) is 16.7 Å². The van der Waals surface area contributed by atoms with Crippen molar-refractivity contribution in [2.24, 2.45) is 0 Å². The van der Waals surface area contributed by atoms with E-state index in [0.29, 0.717) is 19.0 Å². The highest BCUT2D eigenvalue weighted by molar-refractivity contribution is 5.24. The molecule has 21 heavy (non-hydrogen) atoms. The van der Waals surface area contributed by atoms with Crippen molar-refractivity contribution < 1.29 is 4.52 Å². The molecule has 0 aliphatic rings. The highest BCUT2D eigenvalue weighted by Gasteiger charge is 2.07.